The summed E-state index contributed by atoms with van der Waals surface area (Å²) in [6, 6.07) is 2.45. The van der Waals surface area contributed by atoms with Crippen LogP contribution in [0.1, 0.15) is 46.2 Å². The van der Waals surface area contributed by atoms with Gasteiger partial charge in [0.1, 0.15) is 0 Å². The molecule has 0 radical (unpaired) electrons. The maximum absolute atomic E-state index is 11.9. The van der Waals surface area contributed by atoms with Gasteiger partial charge in [-0.15, -0.1) is 0 Å². The molecule has 1 unspecified atom stereocenters. The van der Waals surface area contributed by atoms with E-state index in [9.17, 15) is 4.79 Å². The van der Waals surface area contributed by atoms with Crippen LogP contribution in [0.5, 0.6) is 0 Å². The molecule has 1 aromatic heterocycles. The minimum Gasteiger partial charge on any atom is -0.354 e. The minimum absolute atomic E-state index is 0.0476. The molecule has 25 heavy (non-hydrogen) atoms. The highest BCUT2D eigenvalue weighted by atomic mass is 32.1. The molecular weight excluding hydrogens is 334 g/mol. The number of guanidine groups is 1. The SMILES string of the molecule is CCN(CC)C(CNC(=NC)NCC(=O)NC(C)(C)C)c1ccsc1. The van der Waals surface area contributed by atoms with Crippen molar-refractivity contribution >= 4 is 23.2 Å². The van der Waals surface area contributed by atoms with Gasteiger partial charge in [-0.3, -0.25) is 14.7 Å². The van der Waals surface area contributed by atoms with Crippen LogP contribution in [0.2, 0.25) is 0 Å². The van der Waals surface area contributed by atoms with Gasteiger partial charge in [-0.2, -0.15) is 11.3 Å². The van der Waals surface area contributed by atoms with Gasteiger partial charge in [0.15, 0.2) is 5.96 Å². The van der Waals surface area contributed by atoms with E-state index >= 15 is 0 Å². The molecule has 0 spiro atoms. The quantitative estimate of drug-likeness (QED) is 0.487. The average molecular weight is 368 g/mol. The monoisotopic (exact) mass is 367 g/mol. The zero-order chi connectivity index (χ0) is 18.9. The molecule has 142 valence electrons. The van der Waals surface area contributed by atoms with Crippen molar-refractivity contribution in [3.63, 3.8) is 0 Å². The number of thiophene rings is 1. The molecule has 0 aliphatic heterocycles. The molecule has 1 heterocycles. The number of amides is 1. The number of hydrogen-bond acceptors (Lipinski definition) is 4. The highest BCUT2D eigenvalue weighted by molar-refractivity contribution is 7.07. The third-order valence-electron chi connectivity index (χ3n) is 3.80. The lowest BCUT2D eigenvalue weighted by Crippen LogP contribution is -2.49. The number of nitrogens with zero attached hydrogens (tertiary/aromatic N) is 2. The molecule has 0 aliphatic carbocycles. The lowest BCUT2D eigenvalue weighted by Gasteiger charge is -2.30. The van der Waals surface area contributed by atoms with Crippen LogP contribution >= 0.6 is 11.3 Å². The molecule has 0 aliphatic rings. The molecule has 0 saturated carbocycles. The topological polar surface area (TPSA) is 68.8 Å². The largest absolute Gasteiger partial charge is 0.354 e. The summed E-state index contributed by atoms with van der Waals surface area (Å²) >= 11 is 1.71. The first-order chi connectivity index (χ1) is 11.8. The second-order valence-electron chi connectivity index (χ2n) is 6.90. The van der Waals surface area contributed by atoms with Crippen molar-refractivity contribution in [1.29, 1.82) is 0 Å². The maximum atomic E-state index is 11.9. The molecular formula is C18H33N5OS. The molecule has 0 aromatic carbocycles. The third-order valence-corrected chi connectivity index (χ3v) is 4.50. The molecule has 3 N–H and O–H groups in total. The van der Waals surface area contributed by atoms with Crippen LogP contribution in [0, 0.1) is 0 Å². The van der Waals surface area contributed by atoms with E-state index < -0.39 is 0 Å². The zero-order valence-corrected chi connectivity index (χ0v) is 17.2. The number of carbonyl (C=O) groups is 1. The van der Waals surface area contributed by atoms with Crippen LogP contribution < -0.4 is 16.0 Å². The predicted octanol–water partition coefficient (Wildman–Crippen LogP) is 2.21. The highest BCUT2D eigenvalue weighted by Gasteiger charge is 2.19. The summed E-state index contributed by atoms with van der Waals surface area (Å²) in [7, 11) is 1.72. The van der Waals surface area contributed by atoms with Crippen molar-refractivity contribution < 1.29 is 4.79 Å². The Balaban J connectivity index is 2.60. The summed E-state index contributed by atoms with van der Waals surface area (Å²) in [5, 5.41) is 13.7. The summed E-state index contributed by atoms with van der Waals surface area (Å²) < 4.78 is 0. The van der Waals surface area contributed by atoms with E-state index in [0.29, 0.717) is 5.96 Å². The smallest absolute Gasteiger partial charge is 0.239 e. The van der Waals surface area contributed by atoms with Gasteiger partial charge in [0, 0.05) is 19.1 Å². The standard InChI is InChI=1S/C18H33N5OS/c1-7-23(8-2)15(14-9-10-25-13-14)11-20-17(19-6)21-12-16(24)22-18(3,4)5/h9-10,13,15H,7-8,11-12H2,1-6H3,(H,22,24)(H2,19,20,21). The summed E-state index contributed by atoms with van der Waals surface area (Å²) in [4.78, 5) is 18.6. The average Bonchev–Trinajstić information content (AvgIpc) is 3.06. The van der Waals surface area contributed by atoms with E-state index in [1.807, 2.05) is 20.8 Å². The van der Waals surface area contributed by atoms with Crippen molar-refractivity contribution in [2.75, 3.05) is 33.2 Å². The fourth-order valence-electron chi connectivity index (χ4n) is 2.63. The Hall–Kier alpha value is -1.60. The predicted molar refractivity (Wildman–Crippen MR) is 107 cm³/mol. The molecule has 6 nitrogen and oxygen atoms in total. The zero-order valence-electron chi connectivity index (χ0n) is 16.3. The minimum atomic E-state index is -0.234. The Morgan fingerprint density at radius 1 is 1.28 bits per heavy atom. The van der Waals surface area contributed by atoms with Crippen molar-refractivity contribution in [3.8, 4) is 0 Å². The molecule has 1 atom stereocenters. The van der Waals surface area contributed by atoms with Crippen LogP contribution in [0.3, 0.4) is 0 Å². The fraction of sp³-hybridized carbons (Fsp3) is 0.667. The van der Waals surface area contributed by atoms with Gasteiger partial charge in [-0.25, -0.2) is 0 Å². The van der Waals surface area contributed by atoms with Crippen LogP contribution in [0.4, 0.5) is 0 Å². The second-order valence-corrected chi connectivity index (χ2v) is 7.68. The van der Waals surface area contributed by atoms with Gasteiger partial charge in [0.25, 0.3) is 0 Å². The first-order valence-corrected chi connectivity index (χ1v) is 9.76. The Kier molecular flexibility index (Phi) is 8.92. The van der Waals surface area contributed by atoms with Gasteiger partial charge in [-0.05, 0) is 56.3 Å². The van der Waals surface area contributed by atoms with Crippen LogP contribution in [0.15, 0.2) is 21.8 Å². The molecule has 0 bridgehead atoms. The van der Waals surface area contributed by atoms with Crippen LogP contribution in [-0.2, 0) is 4.79 Å². The summed E-state index contributed by atoms with van der Waals surface area (Å²) in [6.07, 6.45) is 0. The molecule has 7 heteroatoms. The van der Waals surface area contributed by atoms with E-state index in [1.165, 1.54) is 5.56 Å². The van der Waals surface area contributed by atoms with E-state index in [1.54, 1.807) is 18.4 Å². The highest BCUT2D eigenvalue weighted by Crippen LogP contribution is 2.22. The van der Waals surface area contributed by atoms with E-state index in [0.717, 1.165) is 19.6 Å². The second kappa shape index (κ2) is 10.4. The lowest BCUT2D eigenvalue weighted by atomic mass is 10.1. The van der Waals surface area contributed by atoms with Gasteiger partial charge >= 0.3 is 0 Å². The summed E-state index contributed by atoms with van der Waals surface area (Å²) in [6.45, 7) is 13.1. The van der Waals surface area contributed by atoms with Crippen molar-refractivity contribution in [1.82, 2.24) is 20.9 Å². The van der Waals surface area contributed by atoms with Gasteiger partial charge < -0.3 is 16.0 Å². The number of hydrogen-bond donors (Lipinski definition) is 3. The molecule has 0 fully saturated rings. The Morgan fingerprint density at radius 2 is 1.96 bits per heavy atom. The van der Waals surface area contributed by atoms with E-state index in [2.05, 4.69) is 56.5 Å². The van der Waals surface area contributed by atoms with Gasteiger partial charge in [0.05, 0.1) is 12.6 Å². The Morgan fingerprint density at radius 3 is 2.44 bits per heavy atom. The Labute approximate surface area is 156 Å². The van der Waals surface area contributed by atoms with Gasteiger partial charge in [0.2, 0.25) is 5.91 Å². The Bertz CT molecular complexity index is 532. The van der Waals surface area contributed by atoms with E-state index in [4.69, 9.17) is 0 Å². The summed E-state index contributed by atoms with van der Waals surface area (Å²) in [5.41, 5.74) is 1.07. The molecule has 1 aromatic rings. The fourth-order valence-corrected chi connectivity index (χ4v) is 3.33. The van der Waals surface area contributed by atoms with E-state index in [-0.39, 0.29) is 24.0 Å². The number of carbonyl (C=O) groups excluding carboxylic acids is 1. The normalized spacial score (nSPS) is 13.6. The first-order valence-electron chi connectivity index (χ1n) is 8.82. The number of likely N-dealkylation sites (N-methyl/N-ethyl adjacent to an activating group) is 1. The summed E-state index contributed by atoms with van der Waals surface area (Å²) in [5.74, 6) is 0.588. The molecule has 1 rings (SSSR count). The van der Waals surface area contributed by atoms with Crippen LogP contribution in [0.25, 0.3) is 0 Å². The van der Waals surface area contributed by atoms with Crippen LogP contribution in [-0.4, -0.2) is 55.5 Å². The molecule has 0 saturated heterocycles. The van der Waals surface area contributed by atoms with Crippen molar-refractivity contribution in [3.05, 3.63) is 22.4 Å². The van der Waals surface area contributed by atoms with Crippen molar-refractivity contribution in [2.24, 2.45) is 4.99 Å². The number of rotatable bonds is 8. The first kappa shape index (κ1) is 21.4. The number of nitrogens with one attached hydrogen (secondary N) is 3. The molecule has 1 amide bonds. The van der Waals surface area contributed by atoms with Gasteiger partial charge in [-0.1, -0.05) is 13.8 Å². The lowest BCUT2D eigenvalue weighted by molar-refractivity contribution is -0.121. The number of aliphatic imine (C=N–C) groups is 1. The maximum Gasteiger partial charge on any atom is 0.239 e. The third kappa shape index (κ3) is 7.88. The van der Waals surface area contributed by atoms with Crippen molar-refractivity contribution in [2.45, 2.75) is 46.2 Å².